The number of benzene rings is 1. The van der Waals surface area contributed by atoms with E-state index >= 15 is 0 Å². The van der Waals surface area contributed by atoms with Crippen LogP contribution < -0.4 is 5.73 Å². The number of hydrogen-bond donors (Lipinski definition) is 1. The molecule has 0 aliphatic carbocycles. The zero-order valence-electron chi connectivity index (χ0n) is 12.0. The molecule has 0 atom stereocenters. The van der Waals surface area contributed by atoms with Gasteiger partial charge in [0.2, 0.25) is 5.82 Å². The highest BCUT2D eigenvalue weighted by Gasteiger charge is 2.15. The minimum absolute atomic E-state index is 0.435. The first-order valence-corrected chi connectivity index (χ1v) is 6.83. The molecule has 2 N–H and O–H groups in total. The molecule has 0 unspecified atom stereocenters. The average molecular weight is 280 g/mol. The number of anilines is 1. The smallest absolute Gasteiger partial charge is 0.260 e. The Bertz CT molecular complexity index is 779. The lowest BCUT2D eigenvalue weighted by Crippen LogP contribution is -1.94. The summed E-state index contributed by atoms with van der Waals surface area (Å²) in [5.74, 6) is 0.996. The van der Waals surface area contributed by atoms with Crippen LogP contribution >= 0.6 is 0 Å². The van der Waals surface area contributed by atoms with Gasteiger partial charge in [0.15, 0.2) is 0 Å². The van der Waals surface area contributed by atoms with Crippen LogP contribution in [0.5, 0.6) is 0 Å². The van der Waals surface area contributed by atoms with Crippen LogP contribution in [0.4, 0.5) is 5.69 Å². The highest BCUT2D eigenvalue weighted by Crippen LogP contribution is 2.29. The summed E-state index contributed by atoms with van der Waals surface area (Å²) in [6, 6.07) is 7.66. The van der Waals surface area contributed by atoms with E-state index in [9.17, 15) is 0 Å². The zero-order valence-corrected chi connectivity index (χ0v) is 12.0. The Morgan fingerprint density at radius 1 is 1.19 bits per heavy atom. The van der Waals surface area contributed by atoms with Crippen LogP contribution in [0.15, 0.2) is 41.2 Å². The second kappa shape index (κ2) is 5.36. The summed E-state index contributed by atoms with van der Waals surface area (Å²) in [6.45, 7) is 4.02. The van der Waals surface area contributed by atoms with Gasteiger partial charge >= 0.3 is 0 Å². The van der Waals surface area contributed by atoms with E-state index < -0.39 is 0 Å². The van der Waals surface area contributed by atoms with Crippen LogP contribution in [0.2, 0.25) is 0 Å². The van der Waals surface area contributed by atoms with Gasteiger partial charge in [-0.15, -0.1) is 0 Å². The molecule has 0 fully saturated rings. The topological polar surface area (TPSA) is 77.8 Å². The van der Waals surface area contributed by atoms with Crippen molar-refractivity contribution in [2.24, 2.45) is 0 Å². The maximum atomic E-state index is 6.08. The van der Waals surface area contributed by atoms with Crippen molar-refractivity contribution in [3.05, 3.63) is 47.8 Å². The fourth-order valence-corrected chi connectivity index (χ4v) is 2.24. The summed E-state index contributed by atoms with van der Waals surface area (Å²) in [6.07, 6.45) is 4.41. The number of pyridine rings is 1. The molecule has 3 rings (SSSR count). The molecule has 0 saturated carbocycles. The maximum absolute atomic E-state index is 6.08. The minimum atomic E-state index is 0.435. The van der Waals surface area contributed by atoms with E-state index in [0.717, 1.165) is 28.7 Å². The average Bonchev–Trinajstić information content (AvgIpc) is 2.99. The first kappa shape index (κ1) is 13.3. The Balaban J connectivity index is 2.06. The highest BCUT2D eigenvalue weighted by molar-refractivity contribution is 5.74. The van der Waals surface area contributed by atoms with Gasteiger partial charge in [-0.1, -0.05) is 24.2 Å². The summed E-state index contributed by atoms with van der Waals surface area (Å²) in [7, 11) is 0. The first-order valence-electron chi connectivity index (χ1n) is 6.83. The predicted octanol–water partition coefficient (Wildman–Crippen LogP) is 3.25. The number of nitrogens with zero attached hydrogens (tertiary/aromatic N) is 3. The number of para-hydroxylation sites is 1. The quantitative estimate of drug-likeness (QED) is 0.745. The molecule has 21 heavy (non-hydrogen) atoms. The minimum Gasteiger partial charge on any atom is -0.398 e. The fraction of sp³-hybridized carbons (Fsp3) is 0.188. The monoisotopic (exact) mass is 280 g/mol. The summed E-state index contributed by atoms with van der Waals surface area (Å²) in [5, 5.41) is 4.07. The van der Waals surface area contributed by atoms with Crippen molar-refractivity contribution < 1.29 is 4.52 Å². The first-order chi connectivity index (χ1) is 10.2. The normalized spacial score (nSPS) is 10.8. The molecule has 106 valence electrons. The van der Waals surface area contributed by atoms with E-state index in [4.69, 9.17) is 10.3 Å². The van der Waals surface area contributed by atoms with Crippen molar-refractivity contribution in [3.8, 4) is 22.8 Å². The second-order valence-corrected chi connectivity index (χ2v) is 4.85. The molecule has 1 aromatic carbocycles. The molecule has 5 heteroatoms. The SMILES string of the molecule is CCc1cnccc1-c1noc(-c2cccc(C)c2N)n1. The van der Waals surface area contributed by atoms with Gasteiger partial charge in [0.05, 0.1) is 5.56 Å². The largest absolute Gasteiger partial charge is 0.398 e. The van der Waals surface area contributed by atoms with Gasteiger partial charge in [-0.3, -0.25) is 4.98 Å². The number of hydrogen-bond acceptors (Lipinski definition) is 5. The zero-order chi connectivity index (χ0) is 14.8. The Labute approximate surface area is 122 Å². The molecular formula is C16H16N4O. The number of nitrogen functional groups attached to an aromatic ring is 1. The van der Waals surface area contributed by atoms with Crippen molar-refractivity contribution in [2.75, 3.05) is 5.73 Å². The number of aryl methyl sites for hydroxylation is 2. The summed E-state index contributed by atoms with van der Waals surface area (Å²) in [5.41, 5.74) is 10.5. The molecule has 0 radical (unpaired) electrons. The summed E-state index contributed by atoms with van der Waals surface area (Å²) >= 11 is 0. The second-order valence-electron chi connectivity index (χ2n) is 4.85. The molecule has 0 spiro atoms. The molecule has 0 saturated heterocycles. The maximum Gasteiger partial charge on any atom is 0.260 e. The van der Waals surface area contributed by atoms with Gasteiger partial charge < -0.3 is 10.3 Å². The van der Waals surface area contributed by atoms with Gasteiger partial charge in [0.1, 0.15) is 0 Å². The lowest BCUT2D eigenvalue weighted by Gasteiger charge is -2.03. The van der Waals surface area contributed by atoms with E-state index in [0.29, 0.717) is 17.4 Å². The third kappa shape index (κ3) is 2.38. The van der Waals surface area contributed by atoms with E-state index in [1.165, 1.54) is 0 Å². The molecule has 5 nitrogen and oxygen atoms in total. The number of nitrogens with two attached hydrogens (primary N) is 1. The molecule has 3 aromatic rings. The van der Waals surface area contributed by atoms with Crippen LogP contribution in [0.25, 0.3) is 22.8 Å². The van der Waals surface area contributed by atoms with Crippen LogP contribution in [0, 0.1) is 6.92 Å². The van der Waals surface area contributed by atoms with Crippen molar-refractivity contribution in [1.29, 1.82) is 0 Å². The Morgan fingerprint density at radius 2 is 2.05 bits per heavy atom. The Hall–Kier alpha value is -2.69. The standard InChI is InChI=1S/C16H16N4O/c1-3-11-9-18-8-7-12(11)15-19-16(21-20-15)13-6-4-5-10(2)14(13)17/h4-9H,3,17H2,1-2H3. The van der Waals surface area contributed by atoms with Crippen molar-refractivity contribution in [3.63, 3.8) is 0 Å². The third-order valence-corrected chi connectivity index (χ3v) is 3.51. The lowest BCUT2D eigenvalue weighted by molar-refractivity contribution is 0.432. The molecule has 2 aromatic heterocycles. The van der Waals surface area contributed by atoms with Crippen molar-refractivity contribution >= 4 is 5.69 Å². The summed E-state index contributed by atoms with van der Waals surface area (Å²) < 4.78 is 5.38. The number of aromatic nitrogens is 3. The molecule has 0 aliphatic rings. The van der Waals surface area contributed by atoms with Gasteiger partial charge in [-0.25, -0.2) is 0 Å². The van der Waals surface area contributed by atoms with Crippen LogP contribution in [-0.2, 0) is 6.42 Å². The van der Waals surface area contributed by atoms with E-state index in [-0.39, 0.29) is 0 Å². The molecular weight excluding hydrogens is 264 g/mol. The molecule has 2 heterocycles. The lowest BCUT2D eigenvalue weighted by atomic mass is 10.1. The van der Waals surface area contributed by atoms with Gasteiger partial charge in [0.25, 0.3) is 5.89 Å². The third-order valence-electron chi connectivity index (χ3n) is 3.51. The Morgan fingerprint density at radius 3 is 2.86 bits per heavy atom. The molecule has 0 amide bonds. The molecule has 0 aliphatic heterocycles. The summed E-state index contributed by atoms with van der Waals surface area (Å²) in [4.78, 5) is 8.60. The van der Waals surface area contributed by atoms with E-state index in [2.05, 4.69) is 22.0 Å². The fourth-order valence-electron chi connectivity index (χ4n) is 2.24. The van der Waals surface area contributed by atoms with Crippen molar-refractivity contribution in [1.82, 2.24) is 15.1 Å². The van der Waals surface area contributed by atoms with Crippen molar-refractivity contribution in [2.45, 2.75) is 20.3 Å². The van der Waals surface area contributed by atoms with Crippen LogP contribution in [0.1, 0.15) is 18.1 Å². The van der Waals surface area contributed by atoms with Crippen LogP contribution in [0.3, 0.4) is 0 Å². The predicted molar refractivity (Wildman–Crippen MR) is 81.5 cm³/mol. The van der Waals surface area contributed by atoms with Gasteiger partial charge in [-0.05, 0) is 36.6 Å². The van der Waals surface area contributed by atoms with E-state index in [1.54, 1.807) is 6.20 Å². The highest BCUT2D eigenvalue weighted by atomic mass is 16.5. The van der Waals surface area contributed by atoms with Gasteiger partial charge in [-0.2, -0.15) is 4.98 Å². The Kier molecular flexibility index (Phi) is 3.39. The van der Waals surface area contributed by atoms with Crippen LogP contribution in [-0.4, -0.2) is 15.1 Å². The molecule has 0 bridgehead atoms. The van der Waals surface area contributed by atoms with Gasteiger partial charge in [0, 0.05) is 23.6 Å². The number of rotatable bonds is 3. The van der Waals surface area contributed by atoms with E-state index in [1.807, 2.05) is 37.4 Å².